The second kappa shape index (κ2) is 4.95. The van der Waals surface area contributed by atoms with Crippen molar-refractivity contribution in [2.75, 3.05) is 7.11 Å². The molecular formula is C12H13NO5. The minimum Gasteiger partial charge on any atom is -0.497 e. The van der Waals surface area contributed by atoms with Crippen LogP contribution in [0, 0.1) is 0 Å². The Kier molecular flexibility index (Phi) is 3.36. The first kappa shape index (κ1) is 12.2. The van der Waals surface area contributed by atoms with Gasteiger partial charge in [-0.25, -0.2) is 4.79 Å². The third-order valence-electron chi connectivity index (χ3n) is 2.74. The van der Waals surface area contributed by atoms with Crippen molar-refractivity contribution in [3.8, 4) is 5.75 Å². The standard InChI is InChI=1S/C12H13NO5/c1-17-8-4-2-7(3-5-8)11-9(6-10(14)15)13-12(16)18-11/h2-5,9,11H,6H2,1H3,(H,13,16)(H,14,15)/t9-,11+/m0/s1. The number of carboxylic acid groups (broad SMARTS) is 1. The molecule has 0 aliphatic carbocycles. The highest BCUT2D eigenvalue weighted by Gasteiger charge is 2.36. The van der Waals surface area contributed by atoms with E-state index in [1.807, 2.05) is 0 Å². The van der Waals surface area contributed by atoms with Crippen molar-refractivity contribution in [3.05, 3.63) is 29.8 Å². The number of alkyl carbamates (subject to hydrolysis) is 1. The van der Waals surface area contributed by atoms with Crippen molar-refractivity contribution in [1.29, 1.82) is 0 Å². The maximum Gasteiger partial charge on any atom is 0.408 e. The van der Waals surface area contributed by atoms with Gasteiger partial charge < -0.3 is 19.9 Å². The van der Waals surface area contributed by atoms with Gasteiger partial charge in [-0.1, -0.05) is 12.1 Å². The Bertz CT molecular complexity index is 456. The van der Waals surface area contributed by atoms with Crippen LogP contribution in [-0.4, -0.2) is 30.3 Å². The number of carbonyl (C=O) groups is 2. The van der Waals surface area contributed by atoms with Crippen LogP contribution < -0.4 is 10.1 Å². The number of aliphatic carboxylic acids is 1. The third kappa shape index (κ3) is 2.53. The summed E-state index contributed by atoms with van der Waals surface area (Å²) in [5, 5.41) is 11.3. The van der Waals surface area contributed by atoms with Crippen LogP contribution in [0.4, 0.5) is 4.79 Å². The lowest BCUT2D eigenvalue weighted by Crippen LogP contribution is -2.30. The Balaban J connectivity index is 2.18. The number of cyclic esters (lactones) is 1. The van der Waals surface area contributed by atoms with Gasteiger partial charge in [0.25, 0.3) is 0 Å². The summed E-state index contributed by atoms with van der Waals surface area (Å²) < 4.78 is 10.1. The average Bonchev–Trinajstić information content (AvgIpc) is 2.69. The summed E-state index contributed by atoms with van der Waals surface area (Å²) in [4.78, 5) is 21.9. The largest absolute Gasteiger partial charge is 0.497 e. The highest BCUT2D eigenvalue weighted by molar-refractivity contribution is 5.74. The summed E-state index contributed by atoms with van der Waals surface area (Å²) in [5.74, 6) is -0.296. The van der Waals surface area contributed by atoms with Crippen LogP contribution >= 0.6 is 0 Å². The molecule has 6 nitrogen and oxygen atoms in total. The van der Waals surface area contributed by atoms with Gasteiger partial charge in [-0.3, -0.25) is 4.79 Å². The Labute approximate surface area is 104 Å². The van der Waals surface area contributed by atoms with Gasteiger partial charge in [-0.15, -0.1) is 0 Å². The highest BCUT2D eigenvalue weighted by Crippen LogP contribution is 2.29. The first-order valence-electron chi connectivity index (χ1n) is 5.43. The topological polar surface area (TPSA) is 84.9 Å². The molecule has 2 N–H and O–H groups in total. The van der Waals surface area contributed by atoms with E-state index in [0.717, 1.165) is 5.56 Å². The molecule has 0 unspecified atom stereocenters. The van der Waals surface area contributed by atoms with E-state index in [1.54, 1.807) is 31.4 Å². The number of rotatable bonds is 4. The van der Waals surface area contributed by atoms with Crippen molar-refractivity contribution < 1.29 is 24.2 Å². The van der Waals surface area contributed by atoms with Gasteiger partial charge >= 0.3 is 12.1 Å². The molecule has 1 heterocycles. The lowest BCUT2D eigenvalue weighted by atomic mass is 10.0. The number of nitrogens with one attached hydrogen (secondary N) is 1. The lowest BCUT2D eigenvalue weighted by Gasteiger charge is -2.15. The fourth-order valence-electron chi connectivity index (χ4n) is 1.90. The van der Waals surface area contributed by atoms with E-state index in [1.165, 1.54) is 0 Å². The fraction of sp³-hybridized carbons (Fsp3) is 0.333. The third-order valence-corrected chi connectivity index (χ3v) is 2.74. The molecule has 1 fully saturated rings. The summed E-state index contributed by atoms with van der Waals surface area (Å²) in [6, 6.07) is 6.42. The predicted octanol–water partition coefficient (Wildman–Crippen LogP) is 1.32. The van der Waals surface area contributed by atoms with E-state index in [0.29, 0.717) is 5.75 Å². The van der Waals surface area contributed by atoms with Crippen LogP contribution in [-0.2, 0) is 9.53 Å². The van der Waals surface area contributed by atoms with E-state index in [2.05, 4.69) is 5.32 Å². The SMILES string of the molecule is COc1ccc([C@H]2OC(=O)N[C@H]2CC(=O)O)cc1. The van der Waals surface area contributed by atoms with Crippen LogP contribution in [0.25, 0.3) is 0 Å². The van der Waals surface area contributed by atoms with E-state index in [-0.39, 0.29) is 6.42 Å². The minimum absolute atomic E-state index is 0.178. The number of methoxy groups -OCH3 is 1. The monoisotopic (exact) mass is 251 g/mol. The van der Waals surface area contributed by atoms with Crippen molar-refractivity contribution in [3.63, 3.8) is 0 Å². The molecule has 0 saturated carbocycles. The lowest BCUT2D eigenvalue weighted by molar-refractivity contribution is -0.137. The molecule has 1 saturated heterocycles. The normalized spacial score (nSPS) is 22.2. The zero-order valence-electron chi connectivity index (χ0n) is 9.75. The first-order valence-corrected chi connectivity index (χ1v) is 5.43. The number of amides is 1. The summed E-state index contributed by atoms with van der Waals surface area (Å²) >= 11 is 0. The molecular weight excluding hydrogens is 238 g/mol. The van der Waals surface area contributed by atoms with Gasteiger partial charge in [0.1, 0.15) is 11.9 Å². The molecule has 1 aromatic rings. The molecule has 1 aromatic carbocycles. The van der Waals surface area contributed by atoms with Crippen LogP contribution in [0.5, 0.6) is 5.75 Å². The Morgan fingerprint density at radius 2 is 2.11 bits per heavy atom. The molecule has 1 amide bonds. The molecule has 1 aliphatic heterocycles. The van der Waals surface area contributed by atoms with Crippen LogP contribution in [0.15, 0.2) is 24.3 Å². The van der Waals surface area contributed by atoms with Crippen molar-refractivity contribution in [2.24, 2.45) is 0 Å². The molecule has 6 heteroatoms. The Morgan fingerprint density at radius 1 is 1.44 bits per heavy atom. The molecule has 1 aliphatic rings. The van der Waals surface area contributed by atoms with Crippen molar-refractivity contribution in [1.82, 2.24) is 5.32 Å². The Morgan fingerprint density at radius 3 is 2.67 bits per heavy atom. The summed E-state index contributed by atoms with van der Waals surface area (Å²) in [6.45, 7) is 0. The number of carboxylic acids is 1. The molecule has 0 radical (unpaired) electrons. The van der Waals surface area contributed by atoms with Gasteiger partial charge in [0.2, 0.25) is 0 Å². The average molecular weight is 251 g/mol. The van der Waals surface area contributed by atoms with Gasteiger partial charge in [0, 0.05) is 0 Å². The molecule has 96 valence electrons. The number of carbonyl (C=O) groups excluding carboxylic acids is 1. The molecule has 2 rings (SSSR count). The minimum atomic E-state index is -0.982. The molecule has 2 atom stereocenters. The van der Waals surface area contributed by atoms with E-state index < -0.39 is 24.2 Å². The van der Waals surface area contributed by atoms with Crippen LogP contribution in [0.2, 0.25) is 0 Å². The summed E-state index contributed by atoms with van der Waals surface area (Å²) in [6.07, 6.45) is -1.36. The van der Waals surface area contributed by atoms with Gasteiger partial charge in [-0.2, -0.15) is 0 Å². The van der Waals surface area contributed by atoms with Crippen molar-refractivity contribution >= 4 is 12.1 Å². The van der Waals surface area contributed by atoms with Crippen molar-refractivity contribution in [2.45, 2.75) is 18.6 Å². The van der Waals surface area contributed by atoms with E-state index in [4.69, 9.17) is 14.6 Å². The van der Waals surface area contributed by atoms with Crippen LogP contribution in [0.3, 0.4) is 0 Å². The maximum atomic E-state index is 11.2. The van der Waals surface area contributed by atoms with E-state index >= 15 is 0 Å². The zero-order valence-corrected chi connectivity index (χ0v) is 9.75. The summed E-state index contributed by atoms with van der Waals surface area (Å²) in [7, 11) is 1.55. The van der Waals surface area contributed by atoms with Gasteiger partial charge in [0.05, 0.1) is 19.6 Å². The smallest absolute Gasteiger partial charge is 0.408 e. The molecule has 0 aromatic heterocycles. The second-order valence-electron chi connectivity index (χ2n) is 3.95. The quantitative estimate of drug-likeness (QED) is 0.843. The maximum absolute atomic E-state index is 11.2. The molecule has 0 bridgehead atoms. The zero-order chi connectivity index (χ0) is 13.1. The number of ether oxygens (including phenoxy) is 2. The predicted molar refractivity (Wildman–Crippen MR) is 61.4 cm³/mol. The first-order chi connectivity index (χ1) is 8.60. The molecule has 18 heavy (non-hydrogen) atoms. The number of hydrogen-bond donors (Lipinski definition) is 2. The number of benzene rings is 1. The van der Waals surface area contributed by atoms with Gasteiger partial charge in [0.15, 0.2) is 0 Å². The number of hydrogen-bond acceptors (Lipinski definition) is 4. The fourth-order valence-corrected chi connectivity index (χ4v) is 1.90. The summed E-state index contributed by atoms with van der Waals surface area (Å²) in [5.41, 5.74) is 0.736. The Hall–Kier alpha value is -2.24. The van der Waals surface area contributed by atoms with Gasteiger partial charge in [-0.05, 0) is 17.7 Å². The second-order valence-corrected chi connectivity index (χ2v) is 3.95. The highest BCUT2D eigenvalue weighted by atomic mass is 16.6. The van der Waals surface area contributed by atoms with E-state index in [9.17, 15) is 9.59 Å². The molecule has 0 spiro atoms. The van der Waals surface area contributed by atoms with Crippen LogP contribution in [0.1, 0.15) is 18.1 Å².